The molecule has 0 aromatic carbocycles. The number of amides is 1. The molecule has 0 aromatic rings. The van der Waals surface area contributed by atoms with Crippen molar-refractivity contribution in [2.75, 3.05) is 39.9 Å². The standard InChI is InChI=1S/C16H32N2O3/c1-17-16(20)9-7-5-3-2-4-6-8-15(19)14-18-10-12-21-13-11-18/h15,19H,2-14H2,1H3,(H,17,20). The molecule has 0 aliphatic carbocycles. The van der Waals surface area contributed by atoms with E-state index in [1.807, 2.05) is 0 Å². The van der Waals surface area contributed by atoms with Crippen molar-refractivity contribution in [3.63, 3.8) is 0 Å². The van der Waals surface area contributed by atoms with E-state index in [0.717, 1.165) is 58.5 Å². The van der Waals surface area contributed by atoms with Gasteiger partial charge in [0.1, 0.15) is 0 Å². The van der Waals surface area contributed by atoms with Crippen LogP contribution in [0.1, 0.15) is 51.4 Å². The Labute approximate surface area is 129 Å². The fraction of sp³-hybridized carbons (Fsp3) is 0.938. The number of nitrogens with zero attached hydrogens (tertiary/aromatic N) is 1. The summed E-state index contributed by atoms with van der Waals surface area (Å²) in [6.07, 6.45) is 8.14. The summed E-state index contributed by atoms with van der Waals surface area (Å²) in [6, 6.07) is 0. The van der Waals surface area contributed by atoms with Crippen LogP contribution in [0.25, 0.3) is 0 Å². The zero-order valence-corrected chi connectivity index (χ0v) is 13.5. The molecule has 0 spiro atoms. The molecule has 124 valence electrons. The van der Waals surface area contributed by atoms with E-state index >= 15 is 0 Å². The van der Waals surface area contributed by atoms with Crippen molar-refractivity contribution in [1.82, 2.24) is 10.2 Å². The van der Waals surface area contributed by atoms with Gasteiger partial charge in [0.05, 0.1) is 19.3 Å². The lowest BCUT2D eigenvalue weighted by atomic mass is 10.1. The van der Waals surface area contributed by atoms with E-state index in [1.54, 1.807) is 7.05 Å². The number of rotatable bonds is 11. The predicted octanol–water partition coefficient (Wildman–Crippen LogP) is 1.55. The first-order valence-electron chi connectivity index (χ1n) is 8.41. The average molecular weight is 300 g/mol. The first-order chi connectivity index (χ1) is 10.2. The van der Waals surface area contributed by atoms with Gasteiger partial charge in [-0.15, -0.1) is 0 Å². The largest absolute Gasteiger partial charge is 0.392 e. The number of unbranched alkanes of at least 4 members (excludes halogenated alkanes) is 5. The first-order valence-corrected chi connectivity index (χ1v) is 8.41. The van der Waals surface area contributed by atoms with Gasteiger partial charge in [0.25, 0.3) is 0 Å². The summed E-state index contributed by atoms with van der Waals surface area (Å²) >= 11 is 0. The molecule has 1 heterocycles. The highest BCUT2D eigenvalue weighted by Gasteiger charge is 2.14. The number of morpholine rings is 1. The van der Waals surface area contributed by atoms with Gasteiger partial charge in [-0.2, -0.15) is 0 Å². The fourth-order valence-electron chi connectivity index (χ4n) is 2.67. The van der Waals surface area contributed by atoms with Crippen molar-refractivity contribution in [3.8, 4) is 0 Å². The van der Waals surface area contributed by atoms with Gasteiger partial charge in [-0.1, -0.05) is 32.1 Å². The highest BCUT2D eigenvalue weighted by molar-refractivity contribution is 5.75. The maximum absolute atomic E-state index is 11.0. The third-order valence-electron chi connectivity index (χ3n) is 4.04. The van der Waals surface area contributed by atoms with Crippen molar-refractivity contribution >= 4 is 5.91 Å². The van der Waals surface area contributed by atoms with Crippen LogP contribution in [0, 0.1) is 0 Å². The van der Waals surface area contributed by atoms with E-state index in [2.05, 4.69) is 10.2 Å². The molecule has 0 aromatic heterocycles. The van der Waals surface area contributed by atoms with Gasteiger partial charge in [-0.3, -0.25) is 9.69 Å². The smallest absolute Gasteiger partial charge is 0.219 e. The van der Waals surface area contributed by atoms with Crippen LogP contribution in [-0.2, 0) is 9.53 Å². The second-order valence-electron chi connectivity index (χ2n) is 5.90. The molecule has 0 radical (unpaired) electrons. The van der Waals surface area contributed by atoms with Crippen LogP contribution in [0.4, 0.5) is 0 Å². The van der Waals surface area contributed by atoms with E-state index in [9.17, 15) is 9.90 Å². The molecule has 1 atom stereocenters. The molecule has 0 saturated carbocycles. The number of hydrogen-bond acceptors (Lipinski definition) is 4. The number of carbonyl (C=O) groups is 1. The average Bonchev–Trinajstić information content (AvgIpc) is 2.50. The van der Waals surface area contributed by atoms with Crippen molar-refractivity contribution < 1.29 is 14.6 Å². The summed E-state index contributed by atoms with van der Waals surface area (Å²) in [5.74, 6) is 0.140. The normalized spacial score (nSPS) is 17.6. The minimum Gasteiger partial charge on any atom is -0.392 e. The molecular formula is C16H32N2O3. The molecule has 1 aliphatic rings. The van der Waals surface area contributed by atoms with Crippen molar-refractivity contribution in [2.24, 2.45) is 0 Å². The Hall–Kier alpha value is -0.650. The minimum atomic E-state index is -0.198. The second kappa shape index (κ2) is 12.0. The van der Waals surface area contributed by atoms with E-state index in [0.29, 0.717) is 6.42 Å². The summed E-state index contributed by atoms with van der Waals surface area (Å²) in [4.78, 5) is 13.3. The zero-order valence-electron chi connectivity index (χ0n) is 13.5. The summed E-state index contributed by atoms with van der Waals surface area (Å²) in [5.41, 5.74) is 0. The molecular weight excluding hydrogens is 268 g/mol. The zero-order chi connectivity index (χ0) is 15.3. The SMILES string of the molecule is CNC(=O)CCCCCCCCC(O)CN1CCOCC1. The van der Waals surface area contributed by atoms with Gasteiger partial charge in [-0.05, 0) is 12.8 Å². The fourth-order valence-corrected chi connectivity index (χ4v) is 2.67. The van der Waals surface area contributed by atoms with Gasteiger partial charge < -0.3 is 15.2 Å². The molecule has 5 nitrogen and oxygen atoms in total. The Morgan fingerprint density at radius 3 is 2.43 bits per heavy atom. The van der Waals surface area contributed by atoms with E-state index in [1.165, 1.54) is 19.3 Å². The molecule has 1 aliphatic heterocycles. The quantitative estimate of drug-likeness (QED) is 0.568. The molecule has 1 rings (SSSR count). The summed E-state index contributed by atoms with van der Waals surface area (Å²) in [6.45, 7) is 4.27. The van der Waals surface area contributed by atoms with Crippen LogP contribution >= 0.6 is 0 Å². The topological polar surface area (TPSA) is 61.8 Å². The molecule has 1 amide bonds. The maximum Gasteiger partial charge on any atom is 0.219 e. The molecule has 1 fully saturated rings. The van der Waals surface area contributed by atoms with E-state index < -0.39 is 0 Å². The van der Waals surface area contributed by atoms with Crippen LogP contribution in [0.3, 0.4) is 0 Å². The maximum atomic E-state index is 11.0. The molecule has 21 heavy (non-hydrogen) atoms. The lowest BCUT2D eigenvalue weighted by molar-refractivity contribution is -0.120. The van der Waals surface area contributed by atoms with Crippen LogP contribution in [0.15, 0.2) is 0 Å². The highest BCUT2D eigenvalue weighted by atomic mass is 16.5. The Morgan fingerprint density at radius 2 is 1.76 bits per heavy atom. The van der Waals surface area contributed by atoms with Crippen molar-refractivity contribution in [3.05, 3.63) is 0 Å². The van der Waals surface area contributed by atoms with E-state index in [-0.39, 0.29) is 12.0 Å². The number of aliphatic hydroxyl groups excluding tert-OH is 1. The van der Waals surface area contributed by atoms with Crippen molar-refractivity contribution in [1.29, 1.82) is 0 Å². The monoisotopic (exact) mass is 300 g/mol. The Kier molecular flexibility index (Phi) is 10.5. The molecule has 2 N–H and O–H groups in total. The number of nitrogens with one attached hydrogen (secondary N) is 1. The van der Waals surface area contributed by atoms with Crippen molar-refractivity contribution in [2.45, 2.75) is 57.5 Å². The number of β-amino-alcohol motifs (C(OH)–C–C–N with tert-alkyl or cyclic N) is 1. The summed E-state index contributed by atoms with van der Waals surface area (Å²) < 4.78 is 5.30. The molecule has 0 bridgehead atoms. The van der Waals surface area contributed by atoms with Crippen LogP contribution in [0.5, 0.6) is 0 Å². The third kappa shape index (κ3) is 9.82. The van der Waals surface area contributed by atoms with Crippen LogP contribution < -0.4 is 5.32 Å². The Morgan fingerprint density at radius 1 is 1.14 bits per heavy atom. The minimum absolute atomic E-state index is 0.140. The molecule has 1 unspecified atom stereocenters. The molecule has 5 heteroatoms. The van der Waals surface area contributed by atoms with Gasteiger partial charge in [0, 0.05) is 33.1 Å². The number of hydrogen-bond donors (Lipinski definition) is 2. The third-order valence-corrected chi connectivity index (χ3v) is 4.04. The van der Waals surface area contributed by atoms with Gasteiger partial charge >= 0.3 is 0 Å². The number of carbonyl (C=O) groups excluding carboxylic acids is 1. The van der Waals surface area contributed by atoms with Gasteiger partial charge in [0.2, 0.25) is 5.91 Å². The Balaban J connectivity index is 1.85. The summed E-state index contributed by atoms with van der Waals surface area (Å²) in [7, 11) is 1.69. The number of aliphatic hydroxyl groups is 1. The lowest BCUT2D eigenvalue weighted by Gasteiger charge is -2.28. The van der Waals surface area contributed by atoms with Gasteiger partial charge in [-0.25, -0.2) is 0 Å². The van der Waals surface area contributed by atoms with Gasteiger partial charge in [0.15, 0.2) is 0 Å². The number of ether oxygens (including phenoxy) is 1. The Bertz CT molecular complexity index is 268. The van der Waals surface area contributed by atoms with Crippen LogP contribution in [-0.4, -0.2) is 61.9 Å². The highest BCUT2D eigenvalue weighted by Crippen LogP contribution is 2.11. The van der Waals surface area contributed by atoms with E-state index in [4.69, 9.17) is 4.74 Å². The lowest BCUT2D eigenvalue weighted by Crippen LogP contribution is -2.40. The first kappa shape index (κ1) is 18.4. The molecule has 1 saturated heterocycles. The van der Waals surface area contributed by atoms with Crippen LogP contribution in [0.2, 0.25) is 0 Å². The summed E-state index contributed by atoms with van der Waals surface area (Å²) in [5, 5.41) is 12.6. The predicted molar refractivity (Wildman–Crippen MR) is 84.3 cm³/mol. The second-order valence-corrected chi connectivity index (χ2v) is 5.90.